The summed E-state index contributed by atoms with van der Waals surface area (Å²) in [5.74, 6) is -0.288. The molecule has 4 N–H and O–H groups in total. The Bertz CT molecular complexity index is 336. The number of alkyl halides is 3. The third-order valence-electron chi connectivity index (χ3n) is 1.77. The van der Waals surface area contributed by atoms with Gasteiger partial charge < -0.3 is 16.2 Å². The molecule has 0 aliphatic heterocycles. The normalized spacial score (nSPS) is 12.1. The molecule has 0 fully saturated rings. The number of halogens is 5. The Labute approximate surface area is 109 Å². The number of hydrogen-bond donors (Lipinski definition) is 2. The lowest BCUT2D eigenvalue weighted by atomic mass is 10.1. The summed E-state index contributed by atoms with van der Waals surface area (Å²) in [4.78, 5) is 0. The van der Waals surface area contributed by atoms with Crippen LogP contribution in [0.1, 0.15) is 11.6 Å². The van der Waals surface area contributed by atoms with E-state index < -0.39 is 12.4 Å². The van der Waals surface area contributed by atoms with Crippen molar-refractivity contribution in [1.29, 1.82) is 0 Å². The fraction of sp³-hybridized carbons (Fsp3) is 0.333. The van der Waals surface area contributed by atoms with E-state index in [4.69, 9.17) is 11.5 Å². The standard InChI is InChI=1S/C9H11F3N2O.2ClH/c10-9(11,12)15-7-3-1-2-6(4-7)8(14)5-13;;/h1-4,8H,5,13-14H2;2*1H/t8-;;/m1../s1. The molecule has 1 aromatic rings. The van der Waals surface area contributed by atoms with Crippen LogP contribution in [0.4, 0.5) is 13.2 Å². The van der Waals surface area contributed by atoms with E-state index in [1.165, 1.54) is 18.2 Å². The quantitative estimate of drug-likeness (QED) is 0.899. The van der Waals surface area contributed by atoms with Crippen molar-refractivity contribution in [2.24, 2.45) is 11.5 Å². The van der Waals surface area contributed by atoms with Crippen molar-refractivity contribution in [2.45, 2.75) is 12.4 Å². The molecule has 0 saturated carbocycles. The summed E-state index contributed by atoms with van der Waals surface area (Å²) in [6, 6.07) is 4.99. The SMILES string of the molecule is Cl.Cl.NC[C@@H](N)c1cccc(OC(F)(F)F)c1. The maximum atomic E-state index is 11.9. The van der Waals surface area contributed by atoms with E-state index >= 15 is 0 Å². The zero-order valence-corrected chi connectivity index (χ0v) is 10.2. The molecule has 17 heavy (non-hydrogen) atoms. The largest absolute Gasteiger partial charge is 0.573 e. The minimum absolute atomic E-state index is 0. The zero-order valence-electron chi connectivity index (χ0n) is 8.61. The Hall–Kier alpha value is -0.690. The van der Waals surface area contributed by atoms with Crippen molar-refractivity contribution in [2.75, 3.05) is 6.54 Å². The Morgan fingerprint density at radius 3 is 2.29 bits per heavy atom. The van der Waals surface area contributed by atoms with Crippen LogP contribution in [0.25, 0.3) is 0 Å². The van der Waals surface area contributed by atoms with E-state index in [-0.39, 0.29) is 37.1 Å². The molecule has 0 heterocycles. The minimum Gasteiger partial charge on any atom is -0.406 e. The smallest absolute Gasteiger partial charge is 0.406 e. The Kier molecular flexibility index (Phi) is 8.35. The molecule has 8 heteroatoms. The maximum Gasteiger partial charge on any atom is 0.573 e. The first-order chi connectivity index (χ1) is 6.92. The van der Waals surface area contributed by atoms with Gasteiger partial charge in [0, 0.05) is 12.6 Å². The predicted octanol–water partition coefficient (Wildman–Crippen LogP) is 2.39. The fourth-order valence-electron chi connectivity index (χ4n) is 1.08. The topological polar surface area (TPSA) is 61.3 Å². The molecule has 0 radical (unpaired) electrons. The van der Waals surface area contributed by atoms with Crippen LogP contribution in [0.3, 0.4) is 0 Å². The van der Waals surface area contributed by atoms with E-state index in [2.05, 4.69) is 4.74 Å². The molecule has 0 saturated heterocycles. The summed E-state index contributed by atoms with van der Waals surface area (Å²) < 4.78 is 39.4. The second-order valence-corrected chi connectivity index (χ2v) is 2.96. The minimum atomic E-state index is -4.69. The molecular weight excluding hydrogens is 280 g/mol. The van der Waals surface area contributed by atoms with Crippen LogP contribution in [0, 0.1) is 0 Å². The van der Waals surface area contributed by atoms with Crippen molar-refractivity contribution in [3.8, 4) is 5.75 Å². The van der Waals surface area contributed by atoms with Crippen LogP contribution >= 0.6 is 24.8 Å². The zero-order chi connectivity index (χ0) is 11.5. The highest BCUT2D eigenvalue weighted by Crippen LogP contribution is 2.24. The van der Waals surface area contributed by atoms with E-state index in [0.29, 0.717) is 5.56 Å². The van der Waals surface area contributed by atoms with Crippen molar-refractivity contribution in [3.63, 3.8) is 0 Å². The molecule has 1 aromatic carbocycles. The van der Waals surface area contributed by atoms with Crippen LogP contribution in [0.2, 0.25) is 0 Å². The van der Waals surface area contributed by atoms with Crippen molar-refractivity contribution in [3.05, 3.63) is 29.8 Å². The summed E-state index contributed by atoms with van der Waals surface area (Å²) in [5, 5.41) is 0. The highest BCUT2D eigenvalue weighted by Gasteiger charge is 2.31. The summed E-state index contributed by atoms with van der Waals surface area (Å²) in [7, 11) is 0. The van der Waals surface area contributed by atoms with Crippen molar-refractivity contribution < 1.29 is 17.9 Å². The second kappa shape index (κ2) is 7.60. The molecule has 0 spiro atoms. The number of nitrogens with two attached hydrogens (primary N) is 2. The van der Waals surface area contributed by atoms with E-state index in [1.807, 2.05) is 0 Å². The molecule has 1 atom stereocenters. The van der Waals surface area contributed by atoms with Crippen molar-refractivity contribution in [1.82, 2.24) is 0 Å². The predicted molar refractivity (Wildman–Crippen MR) is 63.6 cm³/mol. The van der Waals surface area contributed by atoms with Gasteiger partial charge in [0.1, 0.15) is 5.75 Å². The van der Waals surface area contributed by atoms with Gasteiger partial charge in [-0.15, -0.1) is 38.0 Å². The summed E-state index contributed by atoms with van der Waals surface area (Å²) in [6.45, 7) is 0.162. The van der Waals surface area contributed by atoms with Gasteiger partial charge in [0.2, 0.25) is 0 Å². The fourth-order valence-corrected chi connectivity index (χ4v) is 1.08. The van der Waals surface area contributed by atoms with Crippen LogP contribution in [0.15, 0.2) is 24.3 Å². The van der Waals surface area contributed by atoms with Gasteiger partial charge in [-0.05, 0) is 17.7 Å². The van der Waals surface area contributed by atoms with Crippen LogP contribution in [-0.4, -0.2) is 12.9 Å². The maximum absolute atomic E-state index is 11.9. The van der Waals surface area contributed by atoms with Crippen LogP contribution < -0.4 is 16.2 Å². The van der Waals surface area contributed by atoms with Gasteiger partial charge in [0.25, 0.3) is 0 Å². The average molecular weight is 293 g/mol. The number of benzene rings is 1. The van der Waals surface area contributed by atoms with Gasteiger partial charge >= 0.3 is 6.36 Å². The monoisotopic (exact) mass is 292 g/mol. The van der Waals surface area contributed by atoms with Crippen LogP contribution in [0.5, 0.6) is 5.75 Å². The molecule has 0 aliphatic carbocycles. The number of ether oxygens (including phenoxy) is 1. The first-order valence-electron chi connectivity index (χ1n) is 4.24. The molecule has 1 rings (SSSR count). The van der Waals surface area contributed by atoms with Gasteiger partial charge in [-0.3, -0.25) is 0 Å². The van der Waals surface area contributed by atoms with Crippen molar-refractivity contribution >= 4 is 24.8 Å². The third kappa shape index (κ3) is 6.58. The van der Waals surface area contributed by atoms with Gasteiger partial charge in [-0.2, -0.15) is 0 Å². The molecule has 0 aromatic heterocycles. The summed E-state index contributed by atoms with van der Waals surface area (Å²) >= 11 is 0. The first kappa shape index (κ1) is 18.7. The number of rotatable bonds is 3. The van der Waals surface area contributed by atoms with Gasteiger partial charge in [-0.25, -0.2) is 0 Å². The Morgan fingerprint density at radius 2 is 1.82 bits per heavy atom. The molecular formula is C9H13Cl2F3N2O. The molecule has 100 valence electrons. The van der Waals surface area contributed by atoms with E-state index in [9.17, 15) is 13.2 Å². The van der Waals surface area contributed by atoms with E-state index in [0.717, 1.165) is 0 Å². The van der Waals surface area contributed by atoms with E-state index in [1.54, 1.807) is 6.07 Å². The molecule has 0 unspecified atom stereocenters. The Balaban J connectivity index is 0. The molecule has 0 amide bonds. The average Bonchev–Trinajstić information content (AvgIpc) is 2.14. The molecule has 0 bridgehead atoms. The third-order valence-corrected chi connectivity index (χ3v) is 1.77. The molecule has 0 aliphatic rings. The van der Waals surface area contributed by atoms with Gasteiger partial charge in [-0.1, -0.05) is 12.1 Å². The second-order valence-electron chi connectivity index (χ2n) is 2.96. The highest BCUT2D eigenvalue weighted by molar-refractivity contribution is 5.85. The van der Waals surface area contributed by atoms with Crippen LogP contribution in [-0.2, 0) is 0 Å². The lowest BCUT2D eigenvalue weighted by molar-refractivity contribution is -0.274. The summed E-state index contributed by atoms with van der Waals surface area (Å²) in [6.07, 6.45) is -4.69. The summed E-state index contributed by atoms with van der Waals surface area (Å²) in [5.41, 5.74) is 11.4. The molecule has 3 nitrogen and oxygen atoms in total. The lowest BCUT2D eigenvalue weighted by Gasteiger charge is -2.12. The van der Waals surface area contributed by atoms with Gasteiger partial charge in [0.05, 0.1) is 0 Å². The van der Waals surface area contributed by atoms with Gasteiger partial charge in [0.15, 0.2) is 0 Å². The number of hydrogen-bond acceptors (Lipinski definition) is 3. The Morgan fingerprint density at radius 1 is 1.24 bits per heavy atom. The first-order valence-corrected chi connectivity index (χ1v) is 4.24. The highest BCUT2D eigenvalue weighted by atomic mass is 35.5. The lowest BCUT2D eigenvalue weighted by Crippen LogP contribution is -2.21.